The van der Waals surface area contributed by atoms with Crippen LogP contribution in [0.1, 0.15) is 10.4 Å². The fourth-order valence-electron chi connectivity index (χ4n) is 1.42. The third-order valence-electron chi connectivity index (χ3n) is 2.22. The number of rotatable bonds is 5. The Labute approximate surface area is 99.2 Å². The topological polar surface area (TPSA) is 81.0 Å². The Hall–Kier alpha value is -2.01. The van der Waals surface area contributed by atoms with E-state index in [0.717, 1.165) is 0 Å². The molecular weight excluding hydrogens is 222 g/mol. The molecule has 0 fully saturated rings. The molecule has 0 saturated carbocycles. The van der Waals surface area contributed by atoms with E-state index in [4.69, 9.17) is 5.11 Å². The SMILES string of the molecule is C=CCN(CCO)C(=O)c1cc(O)ccc1O. The Bertz CT molecular complexity index is 417. The lowest BCUT2D eigenvalue weighted by Crippen LogP contribution is -2.33. The van der Waals surface area contributed by atoms with Crippen LogP contribution in [0.15, 0.2) is 30.9 Å². The van der Waals surface area contributed by atoms with Gasteiger partial charge in [0.1, 0.15) is 11.5 Å². The average Bonchev–Trinajstić information content (AvgIpc) is 2.31. The molecule has 5 nitrogen and oxygen atoms in total. The Morgan fingerprint density at radius 2 is 2.12 bits per heavy atom. The monoisotopic (exact) mass is 237 g/mol. The lowest BCUT2D eigenvalue weighted by molar-refractivity contribution is 0.0739. The van der Waals surface area contributed by atoms with E-state index in [1.54, 1.807) is 0 Å². The van der Waals surface area contributed by atoms with Gasteiger partial charge < -0.3 is 20.2 Å². The summed E-state index contributed by atoms with van der Waals surface area (Å²) < 4.78 is 0. The van der Waals surface area contributed by atoms with E-state index in [2.05, 4.69) is 6.58 Å². The fourth-order valence-corrected chi connectivity index (χ4v) is 1.42. The largest absolute Gasteiger partial charge is 0.508 e. The lowest BCUT2D eigenvalue weighted by atomic mass is 10.1. The average molecular weight is 237 g/mol. The van der Waals surface area contributed by atoms with Crippen molar-refractivity contribution in [3.8, 4) is 11.5 Å². The Kier molecular flexibility index (Phi) is 4.54. The molecule has 5 heteroatoms. The molecular formula is C12H15NO4. The van der Waals surface area contributed by atoms with Gasteiger partial charge in [0, 0.05) is 13.1 Å². The van der Waals surface area contributed by atoms with Gasteiger partial charge in [-0.15, -0.1) is 6.58 Å². The summed E-state index contributed by atoms with van der Waals surface area (Å²) in [6.07, 6.45) is 1.52. The highest BCUT2D eigenvalue weighted by atomic mass is 16.3. The van der Waals surface area contributed by atoms with Crippen LogP contribution in [0.25, 0.3) is 0 Å². The number of aliphatic hydroxyl groups excluding tert-OH is 1. The predicted molar refractivity (Wildman–Crippen MR) is 63.0 cm³/mol. The van der Waals surface area contributed by atoms with E-state index in [0.29, 0.717) is 0 Å². The summed E-state index contributed by atoms with van der Waals surface area (Å²) in [6, 6.07) is 3.72. The van der Waals surface area contributed by atoms with Gasteiger partial charge in [0.05, 0.1) is 12.2 Å². The summed E-state index contributed by atoms with van der Waals surface area (Å²) in [5.41, 5.74) is 0.000278. The molecule has 0 unspecified atom stereocenters. The number of amides is 1. The molecule has 0 radical (unpaired) electrons. The van der Waals surface area contributed by atoms with Crippen molar-refractivity contribution in [2.75, 3.05) is 19.7 Å². The van der Waals surface area contributed by atoms with E-state index in [-0.39, 0.29) is 36.8 Å². The van der Waals surface area contributed by atoms with Crippen molar-refractivity contribution in [3.05, 3.63) is 36.4 Å². The summed E-state index contributed by atoms with van der Waals surface area (Å²) in [5.74, 6) is -0.777. The van der Waals surface area contributed by atoms with Crippen LogP contribution in [0.4, 0.5) is 0 Å². The number of phenols is 2. The van der Waals surface area contributed by atoms with E-state index >= 15 is 0 Å². The van der Waals surface area contributed by atoms with Crippen LogP contribution in [0, 0.1) is 0 Å². The highest BCUT2D eigenvalue weighted by Gasteiger charge is 2.18. The maximum atomic E-state index is 12.0. The van der Waals surface area contributed by atoms with Crippen LogP contribution in [-0.4, -0.2) is 45.8 Å². The van der Waals surface area contributed by atoms with Crippen molar-refractivity contribution in [2.24, 2.45) is 0 Å². The third-order valence-corrected chi connectivity index (χ3v) is 2.22. The zero-order valence-corrected chi connectivity index (χ0v) is 9.33. The number of carbonyl (C=O) groups is 1. The second-order valence-electron chi connectivity index (χ2n) is 3.46. The standard InChI is InChI=1S/C12H15NO4/c1-2-5-13(6-7-14)12(17)10-8-9(15)3-4-11(10)16/h2-4,8,14-16H,1,5-7H2. The van der Waals surface area contributed by atoms with Gasteiger partial charge in [-0.2, -0.15) is 0 Å². The predicted octanol–water partition coefficient (Wildman–Crippen LogP) is 0.718. The number of benzene rings is 1. The van der Waals surface area contributed by atoms with Gasteiger partial charge in [-0.25, -0.2) is 0 Å². The maximum absolute atomic E-state index is 12.0. The van der Waals surface area contributed by atoms with Gasteiger partial charge in [0.15, 0.2) is 0 Å². The number of aromatic hydroxyl groups is 2. The third kappa shape index (κ3) is 3.22. The molecule has 1 rings (SSSR count). The zero-order chi connectivity index (χ0) is 12.8. The highest BCUT2D eigenvalue weighted by molar-refractivity contribution is 5.97. The normalized spacial score (nSPS) is 9.94. The van der Waals surface area contributed by atoms with Crippen molar-refractivity contribution in [2.45, 2.75) is 0 Å². The number of hydrogen-bond donors (Lipinski definition) is 3. The Morgan fingerprint density at radius 3 is 2.71 bits per heavy atom. The van der Waals surface area contributed by atoms with Crippen LogP contribution in [-0.2, 0) is 0 Å². The van der Waals surface area contributed by atoms with Gasteiger partial charge in [-0.3, -0.25) is 4.79 Å². The Balaban J connectivity index is 2.99. The molecule has 3 N–H and O–H groups in total. The summed E-state index contributed by atoms with van der Waals surface area (Å²) in [5, 5.41) is 27.7. The molecule has 0 spiro atoms. The maximum Gasteiger partial charge on any atom is 0.258 e. The molecule has 0 aliphatic carbocycles. The summed E-state index contributed by atoms with van der Waals surface area (Å²) in [4.78, 5) is 13.3. The van der Waals surface area contributed by atoms with E-state index in [1.807, 2.05) is 0 Å². The van der Waals surface area contributed by atoms with Crippen LogP contribution >= 0.6 is 0 Å². The van der Waals surface area contributed by atoms with Gasteiger partial charge in [0.2, 0.25) is 0 Å². The molecule has 1 aromatic carbocycles. The molecule has 0 aliphatic rings. The molecule has 0 aliphatic heterocycles. The Morgan fingerprint density at radius 1 is 1.41 bits per heavy atom. The van der Waals surface area contributed by atoms with E-state index in [1.165, 1.54) is 29.2 Å². The number of phenolic OH excluding ortho intramolecular Hbond substituents is 2. The number of hydrogen-bond acceptors (Lipinski definition) is 4. The molecule has 1 aromatic rings. The minimum absolute atomic E-state index is 0.000278. The smallest absolute Gasteiger partial charge is 0.258 e. The molecule has 0 bridgehead atoms. The van der Waals surface area contributed by atoms with Gasteiger partial charge in [0.25, 0.3) is 5.91 Å². The first-order valence-electron chi connectivity index (χ1n) is 5.13. The summed E-state index contributed by atoms with van der Waals surface area (Å²) in [6.45, 7) is 3.73. The summed E-state index contributed by atoms with van der Waals surface area (Å²) in [7, 11) is 0. The van der Waals surface area contributed by atoms with Crippen LogP contribution in [0.2, 0.25) is 0 Å². The molecule has 0 aromatic heterocycles. The van der Waals surface area contributed by atoms with Crippen molar-refractivity contribution < 1.29 is 20.1 Å². The number of carbonyl (C=O) groups excluding carboxylic acids is 1. The molecule has 0 saturated heterocycles. The first-order valence-corrected chi connectivity index (χ1v) is 5.13. The second kappa shape index (κ2) is 5.91. The molecule has 0 atom stereocenters. The summed E-state index contributed by atoms with van der Waals surface area (Å²) >= 11 is 0. The quantitative estimate of drug-likeness (QED) is 0.520. The van der Waals surface area contributed by atoms with Gasteiger partial charge in [-0.05, 0) is 18.2 Å². The van der Waals surface area contributed by atoms with Crippen LogP contribution in [0.3, 0.4) is 0 Å². The first kappa shape index (κ1) is 13.1. The highest BCUT2D eigenvalue weighted by Crippen LogP contribution is 2.23. The number of nitrogens with zero attached hydrogens (tertiary/aromatic N) is 1. The molecule has 17 heavy (non-hydrogen) atoms. The van der Waals surface area contributed by atoms with Crippen LogP contribution < -0.4 is 0 Å². The molecule has 92 valence electrons. The van der Waals surface area contributed by atoms with Crippen molar-refractivity contribution >= 4 is 5.91 Å². The van der Waals surface area contributed by atoms with Crippen LogP contribution in [0.5, 0.6) is 11.5 Å². The van der Waals surface area contributed by atoms with Gasteiger partial charge in [-0.1, -0.05) is 6.08 Å². The molecule has 1 amide bonds. The minimum atomic E-state index is -0.465. The van der Waals surface area contributed by atoms with E-state index < -0.39 is 5.91 Å². The lowest BCUT2D eigenvalue weighted by Gasteiger charge is -2.20. The minimum Gasteiger partial charge on any atom is -0.508 e. The zero-order valence-electron chi connectivity index (χ0n) is 9.33. The fraction of sp³-hybridized carbons (Fsp3) is 0.250. The van der Waals surface area contributed by atoms with Crippen molar-refractivity contribution in [1.29, 1.82) is 0 Å². The van der Waals surface area contributed by atoms with Gasteiger partial charge >= 0.3 is 0 Å². The van der Waals surface area contributed by atoms with Crippen molar-refractivity contribution in [3.63, 3.8) is 0 Å². The van der Waals surface area contributed by atoms with E-state index in [9.17, 15) is 15.0 Å². The number of aliphatic hydroxyl groups is 1. The second-order valence-corrected chi connectivity index (χ2v) is 3.46. The first-order chi connectivity index (χ1) is 8.10. The van der Waals surface area contributed by atoms with Crippen molar-refractivity contribution in [1.82, 2.24) is 4.90 Å². The molecule has 0 heterocycles.